The maximum absolute atomic E-state index is 12.2. The fourth-order valence-corrected chi connectivity index (χ4v) is 3.11. The molecule has 2 N–H and O–H groups in total. The Balaban J connectivity index is 1.86. The number of benzene rings is 2. The molecule has 0 spiro atoms. The molecular formula is C20H25NO2S. The van der Waals surface area contributed by atoms with Crippen LogP contribution in [0.2, 0.25) is 0 Å². The van der Waals surface area contributed by atoms with Gasteiger partial charge in [-0.2, -0.15) is 0 Å². The molecule has 1 amide bonds. The Morgan fingerprint density at radius 1 is 1.08 bits per heavy atom. The molecule has 0 bridgehead atoms. The smallest absolute Gasteiger partial charge is 0.251 e. The average molecular weight is 343 g/mol. The highest BCUT2D eigenvalue weighted by Crippen LogP contribution is 2.23. The van der Waals surface area contributed by atoms with E-state index in [2.05, 4.69) is 17.4 Å². The highest BCUT2D eigenvalue weighted by molar-refractivity contribution is 7.98. The summed E-state index contributed by atoms with van der Waals surface area (Å²) < 4.78 is 0. The number of hydrogen-bond acceptors (Lipinski definition) is 3. The largest absolute Gasteiger partial charge is 0.396 e. The van der Waals surface area contributed by atoms with Crippen molar-refractivity contribution in [3.8, 4) is 0 Å². The molecule has 0 aromatic heterocycles. The van der Waals surface area contributed by atoms with Gasteiger partial charge in [0.15, 0.2) is 0 Å². The second-order valence-electron chi connectivity index (χ2n) is 6.62. The van der Waals surface area contributed by atoms with Gasteiger partial charge in [0, 0.05) is 29.4 Å². The highest BCUT2D eigenvalue weighted by Gasteiger charge is 2.18. The van der Waals surface area contributed by atoms with Crippen LogP contribution < -0.4 is 5.32 Å². The predicted octanol–water partition coefficient (Wildman–Crippen LogP) is 4.12. The summed E-state index contributed by atoms with van der Waals surface area (Å²) in [5.74, 6) is 0.850. The Morgan fingerprint density at radius 3 is 2.38 bits per heavy atom. The monoisotopic (exact) mass is 343 g/mol. The van der Waals surface area contributed by atoms with Crippen molar-refractivity contribution >= 4 is 17.7 Å². The van der Waals surface area contributed by atoms with Crippen LogP contribution in [0.4, 0.5) is 0 Å². The Hall–Kier alpha value is -1.78. The van der Waals surface area contributed by atoms with E-state index in [1.165, 1.54) is 5.56 Å². The molecule has 0 aliphatic carbocycles. The van der Waals surface area contributed by atoms with Crippen molar-refractivity contribution in [1.82, 2.24) is 5.32 Å². The lowest BCUT2D eigenvalue weighted by molar-refractivity contribution is 0.0928. The highest BCUT2D eigenvalue weighted by atomic mass is 32.2. The minimum Gasteiger partial charge on any atom is -0.396 e. The Kier molecular flexibility index (Phi) is 6.88. The molecule has 0 saturated heterocycles. The van der Waals surface area contributed by atoms with Crippen LogP contribution in [-0.2, 0) is 5.75 Å². The first-order valence-corrected chi connectivity index (χ1v) is 9.15. The number of carbonyl (C=O) groups is 1. The molecule has 0 atom stereocenters. The van der Waals surface area contributed by atoms with Crippen molar-refractivity contribution < 1.29 is 9.90 Å². The Labute approximate surface area is 148 Å². The summed E-state index contributed by atoms with van der Waals surface area (Å²) in [6.45, 7) is 4.76. The number of rotatable bonds is 8. The lowest BCUT2D eigenvalue weighted by atomic mass is 9.89. The van der Waals surface area contributed by atoms with Crippen molar-refractivity contribution in [2.45, 2.75) is 30.9 Å². The van der Waals surface area contributed by atoms with Crippen LogP contribution in [0, 0.1) is 5.41 Å². The summed E-state index contributed by atoms with van der Waals surface area (Å²) in [7, 11) is 0. The minimum absolute atomic E-state index is 0.0689. The number of nitrogens with one attached hydrogen (secondary N) is 1. The molecule has 2 rings (SSSR count). The summed E-state index contributed by atoms with van der Waals surface area (Å²) >= 11 is 1.76. The van der Waals surface area contributed by atoms with E-state index in [0.29, 0.717) is 18.5 Å². The number of amides is 1. The SMILES string of the molecule is CC(C)(CCO)CNC(=O)c1ccc(SCc2ccccc2)cc1. The molecule has 0 unspecified atom stereocenters. The third kappa shape index (κ3) is 6.02. The maximum atomic E-state index is 12.2. The minimum atomic E-state index is -0.101. The van der Waals surface area contributed by atoms with Gasteiger partial charge in [0.05, 0.1) is 0 Å². The van der Waals surface area contributed by atoms with Crippen LogP contribution >= 0.6 is 11.8 Å². The molecule has 0 saturated carbocycles. The summed E-state index contributed by atoms with van der Waals surface area (Å²) in [5, 5.41) is 12.0. The van der Waals surface area contributed by atoms with E-state index in [1.54, 1.807) is 11.8 Å². The van der Waals surface area contributed by atoms with Gasteiger partial charge in [-0.25, -0.2) is 0 Å². The second-order valence-corrected chi connectivity index (χ2v) is 7.67. The van der Waals surface area contributed by atoms with E-state index in [4.69, 9.17) is 5.11 Å². The Bertz CT molecular complexity index is 638. The fraction of sp³-hybridized carbons (Fsp3) is 0.350. The first kappa shape index (κ1) is 18.6. The van der Waals surface area contributed by atoms with E-state index in [1.807, 2.05) is 56.3 Å². The molecule has 0 fully saturated rings. The van der Waals surface area contributed by atoms with Gasteiger partial charge in [0.1, 0.15) is 0 Å². The summed E-state index contributed by atoms with van der Waals surface area (Å²) in [5.41, 5.74) is 1.85. The van der Waals surface area contributed by atoms with Gasteiger partial charge in [-0.05, 0) is 41.7 Å². The maximum Gasteiger partial charge on any atom is 0.251 e. The number of aliphatic hydroxyl groups excluding tert-OH is 1. The van der Waals surface area contributed by atoms with Crippen LogP contribution in [0.5, 0.6) is 0 Å². The number of carbonyl (C=O) groups excluding carboxylic acids is 1. The molecule has 128 valence electrons. The first-order chi connectivity index (χ1) is 11.5. The number of aliphatic hydroxyl groups is 1. The summed E-state index contributed by atoms with van der Waals surface area (Å²) in [4.78, 5) is 13.4. The van der Waals surface area contributed by atoms with Gasteiger partial charge in [0.2, 0.25) is 0 Å². The van der Waals surface area contributed by atoms with Crippen LogP contribution in [0.3, 0.4) is 0 Å². The van der Waals surface area contributed by atoms with Crippen LogP contribution in [0.25, 0.3) is 0 Å². The summed E-state index contributed by atoms with van der Waals surface area (Å²) in [6, 6.07) is 18.0. The van der Waals surface area contributed by atoms with Gasteiger partial charge in [-0.3, -0.25) is 4.79 Å². The van der Waals surface area contributed by atoms with Gasteiger partial charge in [-0.1, -0.05) is 44.2 Å². The zero-order chi connectivity index (χ0) is 17.4. The van der Waals surface area contributed by atoms with Crippen molar-refractivity contribution in [1.29, 1.82) is 0 Å². The van der Waals surface area contributed by atoms with Gasteiger partial charge < -0.3 is 10.4 Å². The molecule has 0 radical (unpaired) electrons. The lowest BCUT2D eigenvalue weighted by Crippen LogP contribution is -2.34. The molecule has 0 aliphatic rings. The Morgan fingerprint density at radius 2 is 1.75 bits per heavy atom. The van der Waals surface area contributed by atoms with Gasteiger partial charge >= 0.3 is 0 Å². The van der Waals surface area contributed by atoms with Gasteiger partial charge in [0.25, 0.3) is 5.91 Å². The average Bonchev–Trinajstić information content (AvgIpc) is 2.59. The van der Waals surface area contributed by atoms with Crippen molar-refractivity contribution in [3.63, 3.8) is 0 Å². The van der Waals surface area contributed by atoms with E-state index >= 15 is 0 Å². The van der Waals surface area contributed by atoms with Crippen molar-refractivity contribution in [2.24, 2.45) is 5.41 Å². The van der Waals surface area contributed by atoms with Crippen LogP contribution in [-0.4, -0.2) is 24.2 Å². The lowest BCUT2D eigenvalue weighted by Gasteiger charge is -2.23. The number of thioether (sulfide) groups is 1. The zero-order valence-electron chi connectivity index (χ0n) is 14.3. The molecular weight excluding hydrogens is 318 g/mol. The predicted molar refractivity (Wildman–Crippen MR) is 100 cm³/mol. The van der Waals surface area contributed by atoms with Gasteiger partial charge in [-0.15, -0.1) is 11.8 Å². The van der Waals surface area contributed by atoms with E-state index < -0.39 is 0 Å². The van der Waals surface area contributed by atoms with Crippen LogP contribution in [0.15, 0.2) is 59.5 Å². The standard InChI is InChI=1S/C20H25NO2S/c1-20(2,12-13-22)15-21-19(23)17-8-10-18(11-9-17)24-14-16-6-4-3-5-7-16/h3-11,22H,12-15H2,1-2H3,(H,21,23). The molecule has 0 aliphatic heterocycles. The van der Waals surface area contributed by atoms with Crippen molar-refractivity contribution in [2.75, 3.05) is 13.2 Å². The van der Waals surface area contributed by atoms with E-state index in [9.17, 15) is 4.79 Å². The third-order valence-corrected chi connectivity index (χ3v) is 4.96. The second kappa shape index (κ2) is 8.90. The molecule has 0 heterocycles. The fourth-order valence-electron chi connectivity index (χ4n) is 2.26. The van der Waals surface area contributed by atoms with Crippen molar-refractivity contribution in [3.05, 3.63) is 65.7 Å². The zero-order valence-corrected chi connectivity index (χ0v) is 15.1. The molecule has 3 nitrogen and oxygen atoms in total. The number of hydrogen-bond donors (Lipinski definition) is 2. The van der Waals surface area contributed by atoms with E-state index in [0.717, 1.165) is 10.6 Å². The molecule has 24 heavy (non-hydrogen) atoms. The topological polar surface area (TPSA) is 49.3 Å². The van der Waals surface area contributed by atoms with Crippen LogP contribution in [0.1, 0.15) is 36.2 Å². The first-order valence-electron chi connectivity index (χ1n) is 8.16. The summed E-state index contributed by atoms with van der Waals surface area (Å²) in [6.07, 6.45) is 0.669. The molecule has 4 heteroatoms. The normalized spacial score (nSPS) is 11.3. The quantitative estimate of drug-likeness (QED) is 0.709. The molecule has 2 aromatic rings. The third-order valence-electron chi connectivity index (χ3n) is 3.88. The van der Waals surface area contributed by atoms with E-state index in [-0.39, 0.29) is 17.9 Å². The molecule has 2 aromatic carbocycles.